The number of fused-ring (bicyclic) bond motifs is 1. The standard InChI is InChI=1S/C11H16N4OS2.2ClH/c1-6(5-12)13-9(16)7-4-8-10(17-7)14-11(18-8)15(2)3;;/h4,6H,5,12H2,1-3H3,(H,13,16);2*1H/t6-;;/m0../s1. The Balaban J connectivity index is 0.00000180. The molecule has 2 rings (SSSR count). The maximum atomic E-state index is 11.9. The Morgan fingerprint density at radius 2 is 2.10 bits per heavy atom. The molecular weight excluding hydrogens is 339 g/mol. The van der Waals surface area contributed by atoms with Crippen molar-refractivity contribution in [3.63, 3.8) is 0 Å². The molecular formula is C11H18Cl2N4OS2. The van der Waals surface area contributed by atoms with Crippen molar-refractivity contribution in [2.45, 2.75) is 13.0 Å². The summed E-state index contributed by atoms with van der Waals surface area (Å²) in [6.45, 7) is 2.32. The number of nitrogens with one attached hydrogen (secondary N) is 1. The number of halogens is 2. The topological polar surface area (TPSA) is 71.2 Å². The number of nitrogens with zero attached hydrogens (tertiary/aromatic N) is 2. The molecule has 1 atom stereocenters. The summed E-state index contributed by atoms with van der Waals surface area (Å²) in [5.41, 5.74) is 5.48. The predicted octanol–water partition coefficient (Wildman–Crippen LogP) is 2.34. The van der Waals surface area contributed by atoms with E-state index in [0.29, 0.717) is 11.4 Å². The lowest BCUT2D eigenvalue weighted by Gasteiger charge is -2.09. The van der Waals surface area contributed by atoms with E-state index in [1.165, 1.54) is 11.3 Å². The summed E-state index contributed by atoms with van der Waals surface area (Å²) >= 11 is 3.00. The summed E-state index contributed by atoms with van der Waals surface area (Å²) in [6, 6.07) is 1.88. The fourth-order valence-electron chi connectivity index (χ4n) is 1.38. The molecule has 0 aliphatic rings. The van der Waals surface area contributed by atoms with Crippen LogP contribution in [0.5, 0.6) is 0 Å². The number of nitrogens with two attached hydrogens (primary N) is 1. The highest BCUT2D eigenvalue weighted by molar-refractivity contribution is 7.29. The van der Waals surface area contributed by atoms with Crippen LogP contribution in [0.25, 0.3) is 9.53 Å². The van der Waals surface area contributed by atoms with Crippen LogP contribution in [0.3, 0.4) is 0 Å². The van der Waals surface area contributed by atoms with Crippen LogP contribution in [-0.2, 0) is 0 Å². The van der Waals surface area contributed by atoms with E-state index in [2.05, 4.69) is 10.3 Å². The van der Waals surface area contributed by atoms with Gasteiger partial charge < -0.3 is 16.0 Å². The minimum atomic E-state index is -0.0745. The molecule has 9 heteroatoms. The minimum Gasteiger partial charge on any atom is -0.354 e. The van der Waals surface area contributed by atoms with Crippen molar-refractivity contribution in [1.82, 2.24) is 10.3 Å². The Kier molecular flexibility index (Phi) is 7.75. The van der Waals surface area contributed by atoms with Crippen molar-refractivity contribution in [2.24, 2.45) is 5.73 Å². The quantitative estimate of drug-likeness (QED) is 0.881. The van der Waals surface area contributed by atoms with Crippen molar-refractivity contribution in [3.05, 3.63) is 10.9 Å². The van der Waals surface area contributed by atoms with Crippen molar-refractivity contribution in [2.75, 3.05) is 25.5 Å². The van der Waals surface area contributed by atoms with Gasteiger partial charge in [0.25, 0.3) is 5.91 Å². The normalized spacial score (nSPS) is 11.4. The SMILES string of the molecule is C[C@@H](CN)NC(=O)c1cc2sc(N(C)C)nc2s1.Cl.Cl. The van der Waals surface area contributed by atoms with E-state index in [0.717, 1.165) is 14.7 Å². The van der Waals surface area contributed by atoms with Crippen molar-refractivity contribution >= 4 is 68.1 Å². The van der Waals surface area contributed by atoms with Crippen LogP contribution in [0.1, 0.15) is 16.6 Å². The molecule has 0 aliphatic carbocycles. The fraction of sp³-hybridized carbons (Fsp3) is 0.455. The third-order valence-electron chi connectivity index (χ3n) is 2.42. The first-order chi connectivity index (χ1) is 8.51. The molecule has 0 unspecified atom stereocenters. The van der Waals surface area contributed by atoms with Gasteiger partial charge in [-0.25, -0.2) is 4.98 Å². The molecule has 0 bridgehead atoms. The van der Waals surface area contributed by atoms with Gasteiger partial charge in [-0.15, -0.1) is 36.2 Å². The molecule has 5 nitrogen and oxygen atoms in total. The molecule has 0 spiro atoms. The van der Waals surface area contributed by atoms with Gasteiger partial charge in [0, 0.05) is 26.7 Å². The number of anilines is 1. The van der Waals surface area contributed by atoms with E-state index in [1.807, 2.05) is 32.0 Å². The van der Waals surface area contributed by atoms with E-state index in [1.54, 1.807) is 11.3 Å². The smallest absolute Gasteiger partial charge is 0.261 e. The molecule has 0 radical (unpaired) electrons. The second-order valence-corrected chi connectivity index (χ2v) is 6.32. The lowest BCUT2D eigenvalue weighted by atomic mass is 10.3. The minimum absolute atomic E-state index is 0. The number of thiazole rings is 1. The lowest BCUT2D eigenvalue weighted by molar-refractivity contribution is 0.0945. The number of rotatable bonds is 4. The van der Waals surface area contributed by atoms with Crippen LogP contribution in [0.4, 0.5) is 5.13 Å². The molecule has 1 amide bonds. The highest BCUT2D eigenvalue weighted by atomic mass is 35.5. The summed E-state index contributed by atoms with van der Waals surface area (Å²) in [4.78, 5) is 19.9. The second kappa shape index (κ2) is 7.99. The molecule has 0 aromatic carbocycles. The molecule has 20 heavy (non-hydrogen) atoms. The Morgan fingerprint density at radius 1 is 1.45 bits per heavy atom. The second-order valence-electron chi connectivity index (χ2n) is 4.28. The van der Waals surface area contributed by atoms with E-state index in [9.17, 15) is 4.79 Å². The van der Waals surface area contributed by atoms with E-state index in [4.69, 9.17) is 5.73 Å². The molecule has 0 saturated heterocycles. The van der Waals surface area contributed by atoms with Gasteiger partial charge in [0.15, 0.2) is 5.13 Å². The maximum Gasteiger partial charge on any atom is 0.261 e. The van der Waals surface area contributed by atoms with E-state index in [-0.39, 0.29) is 36.8 Å². The summed E-state index contributed by atoms with van der Waals surface area (Å²) in [7, 11) is 3.91. The zero-order valence-corrected chi connectivity index (χ0v) is 14.6. The van der Waals surface area contributed by atoms with Gasteiger partial charge in [-0.3, -0.25) is 4.79 Å². The Morgan fingerprint density at radius 3 is 2.60 bits per heavy atom. The molecule has 2 heterocycles. The highest BCUT2D eigenvalue weighted by Gasteiger charge is 2.15. The van der Waals surface area contributed by atoms with Crippen molar-refractivity contribution in [3.8, 4) is 0 Å². The number of hydrogen-bond acceptors (Lipinski definition) is 6. The number of aromatic nitrogens is 1. The summed E-state index contributed by atoms with van der Waals surface area (Å²) < 4.78 is 1.05. The van der Waals surface area contributed by atoms with Crippen LogP contribution < -0.4 is 16.0 Å². The van der Waals surface area contributed by atoms with Gasteiger partial charge in [-0.2, -0.15) is 0 Å². The van der Waals surface area contributed by atoms with Gasteiger partial charge in [0.2, 0.25) is 0 Å². The zero-order valence-electron chi connectivity index (χ0n) is 11.4. The van der Waals surface area contributed by atoms with Gasteiger partial charge in [-0.1, -0.05) is 11.3 Å². The monoisotopic (exact) mass is 356 g/mol. The van der Waals surface area contributed by atoms with Crippen molar-refractivity contribution < 1.29 is 4.79 Å². The molecule has 114 valence electrons. The van der Waals surface area contributed by atoms with Crippen LogP contribution in [0.2, 0.25) is 0 Å². The first-order valence-corrected chi connectivity index (χ1v) is 7.23. The third-order valence-corrected chi connectivity index (χ3v) is 4.74. The third kappa shape index (κ3) is 4.20. The summed E-state index contributed by atoms with van der Waals surface area (Å²) in [6.07, 6.45) is 0. The largest absolute Gasteiger partial charge is 0.354 e. The van der Waals surface area contributed by atoms with E-state index >= 15 is 0 Å². The van der Waals surface area contributed by atoms with Crippen LogP contribution in [0, 0.1) is 0 Å². The highest BCUT2D eigenvalue weighted by Crippen LogP contribution is 2.33. The molecule has 0 saturated carbocycles. The number of hydrogen-bond donors (Lipinski definition) is 2. The molecule has 0 aliphatic heterocycles. The lowest BCUT2D eigenvalue weighted by Crippen LogP contribution is -2.37. The maximum absolute atomic E-state index is 11.9. The zero-order chi connectivity index (χ0) is 13.3. The number of carbonyl (C=O) groups excluding carboxylic acids is 1. The van der Waals surface area contributed by atoms with Gasteiger partial charge >= 0.3 is 0 Å². The summed E-state index contributed by atoms with van der Waals surface area (Å²) in [5.74, 6) is -0.0745. The average molecular weight is 357 g/mol. The average Bonchev–Trinajstić information content (AvgIpc) is 2.85. The number of carbonyl (C=O) groups is 1. The molecule has 2 aromatic rings. The van der Waals surface area contributed by atoms with Crippen LogP contribution >= 0.6 is 47.5 Å². The predicted molar refractivity (Wildman–Crippen MR) is 92.3 cm³/mol. The van der Waals surface area contributed by atoms with Crippen LogP contribution in [-0.4, -0.2) is 37.6 Å². The summed E-state index contributed by atoms with van der Waals surface area (Å²) in [5, 5.41) is 3.80. The van der Waals surface area contributed by atoms with Gasteiger partial charge in [0.1, 0.15) is 4.83 Å². The van der Waals surface area contributed by atoms with Crippen LogP contribution in [0.15, 0.2) is 6.07 Å². The van der Waals surface area contributed by atoms with Crippen molar-refractivity contribution in [1.29, 1.82) is 0 Å². The van der Waals surface area contributed by atoms with Gasteiger partial charge in [0.05, 0.1) is 9.58 Å². The molecule has 2 aromatic heterocycles. The Labute approximate surface area is 138 Å². The molecule has 0 fully saturated rings. The van der Waals surface area contributed by atoms with Gasteiger partial charge in [-0.05, 0) is 13.0 Å². The number of thiophene rings is 1. The Bertz CT molecular complexity index is 538. The Hall–Kier alpha value is -0.600. The molecule has 3 N–H and O–H groups in total. The number of amides is 1. The fourth-order valence-corrected chi connectivity index (χ4v) is 3.42. The first kappa shape index (κ1) is 19.4. The van der Waals surface area contributed by atoms with E-state index < -0.39 is 0 Å². The first-order valence-electron chi connectivity index (χ1n) is 5.60.